The van der Waals surface area contributed by atoms with Crippen LogP contribution < -0.4 is 5.32 Å². The minimum Gasteiger partial charge on any atom is -0.325 e. The Kier molecular flexibility index (Phi) is 6.48. The number of carbonyl (C=O) groups is 3. The molecule has 3 atom stereocenters. The minimum absolute atomic E-state index is 0.00235. The second kappa shape index (κ2) is 9.79. The molecule has 0 unspecified atom stereocenters. The highest BCUT2D eigenvalue weighted by Gasteiger charge is 2.64. The first-order valence-corrected chi connectivity index (χ1v) is 14.0. The lowest BCUT2D eigenvalue weighted by Crippen LogP contribution is -2.47. The molecule has 1 aromatic carbocycles. The van der Waals surface area contributed by atoms with Crippen LogP contribution in [0.4, 0.5) is 10.2 Å². The molecular weight excluding hydrogens is 593 g/mol. The van der Waals surface area contributed by atoms with E-state index < -0.39 is 11.9 Å². The van der Waals surface area contributed by atoms with Crippen molar-refractivity contribution in [2.75, 3.05) is 5.32 Å². The van der Waals surface area contributed by atoms with Crippen LogP contribution in [0.2, 0.25) is 0 Å². The average molecular weight is 620 g/mol. The smallest absolute Gasteiger partial charge is 0.248 e. The first kappa shape index (κ1) is 27.1. The number of ketones is 1. The van der Waals surface area contributed by atoms with E-state index in [2.05, 4.69) is 48.2 Å². The van der Waals surface area contributed by atoms with E-state index in [4.69, 9.17) is 0 Å². The van der Waals surface area contributed by atoms with Crippen LogP contribution in [0.25, 0.3) is 22.0 Å². The fraction of sp³-hybridized carbons (Fsp3) is 0.345. The quantitative estimate of drug-likeness (QED) is 0.246. The van der Waals surface area contributed by atoms with Gasteiger partial charge in [-0.2, -0.15) is 5.10 Å². The zero-order valence-electron chi connectivity index (χ0n) is 22.9. The fourth-order valence-corrected chi connectivity index (χ4v) is 6.03. The van der Waals surface area contributed by atoms with Crippen molar-refractivity contribution < 1.29 is 18.8 Å². The maximum atomic E-state index is 13.9. The molecular formula is C29H27BrFN7O3. The Morgan fingerprint density at radius 3 is 2.56 bits per heavy atom. The number of aryl methyl sites for hydroxylation is 2. The first-order valence-electron chi connectivity index (χ1n) is 13.2. The van der Waals surface area contributed by atoms with Gasteiger partial charge in [0.05, 0.1) is 5.52 Å². The molecule has 4 heterocycles. The first-order chi connectivity index (χ1) is 19.4. The van der Waals surface area contributed by atoms with Crippen LogP contribution in [0.1, 0.15) is 48.6 Å². The number of benzene rings is 1. The van der Waals surface area contributed by atoms with Gasteiger partial charge in [0, 0.05) is 36.3 Å². The molecule has 41 heavy (non-hydrogen) atoms. The monoisotopic (exact) mass is 619 g/mol. The second-order valence-corrected chi connectivity index (χ2v) is 11.9. The van der Waals surface area contributed by atoms with Gasteiger partial charge < -0.3 is 10.2 Å². The summed E-state index contributed by atoms with van der Waals surface area (Å²) in [5, 5.41) is 7.92. The number of hydrogen-bond acceptors (Lipinski definition) is 7. The SMILES string of the molecule is CC(=O)c1nn(CC(=O)N2[C@H](C(=O)Nc3nc(Br)c(F)cc3C)C[C@@]3(C)C[C@@H]23)c2ccc(-c3cnc(C)nc3)cc12. The lowest BCUT2D eigenvalue weighted by molar-refractivity contribution is -0.138. The standard InChI is InChI=1S/C29H27BrFN7O3/c1-14-7-20(31)26(30)34-27(14)35-28(41)22-9-29(4)10-23(29)38(22)24(40)13-37-21-6-5-17(18-11-32-16(3)33-12-18)8-19(21)25(36-37)15(2)39/h5-8,11-12,22-23H,9-10,13H2,1-4H3,(H,34,35,41)/t22-,23+,29-/m0/s1. The molecule has 2 amide bonds. The Morgan fingerprint density at radius 2 is 1.85 bits per heavy atom. The van der Waals surface area contributed by atoms with Crippen LogP contribution in [0, 0.1) is 25.1 Å². The van der Waals surface area contributed by atoms with Gasteiger partial charge >= 0.3 is 0 Å². The van der Waals surface area contributed by atoms with Gasteiger partial charge in [-0.15, -0.1) is 0 Å². The Balaban J connectivity index is 1.28. The number of anilines is 1. The van der Waals surface area contributed by atoms with Crippen LogP contribution in [0.5, 0.6) is 0 Å². The third-order valence-corrected chi connectivity index (χ3v) is 8.63. The Morgan fingerprint density at radius 1 is 1.12 bits per heavy atom. The fourth-order valence-electron chi connectivity index (χ4n) is 5.74. The number of fused-ring (bicyclic) bond motifs is 2. The molecule has 1 aliphatic carbocycles. The molecule has 1 N–H and O–H groups in total. The molecule has 1 aliphatic heterocycles. The molecule has 1 saturated heterocycles. The zero-order valence-corrected chi connectivity index (χ0v) is 24.5. The normalized spacial score (nSPS) is 21.2. The van der Waals surface area contributed by atoms with Gasteiger partial charge in [-0.1, -0.05) is 13.0 Å². The summed E-state index contributed by atoms with van der Waals surface area (Å²) in [5.74, 6) is -0.497. The molecule has 2 fully saturated rings. The molecule has 10 nitrogen and oxygen atoms in total. The maximum absolute atomic E-state index is 13.9. The Hall–Kier alpha value is -4.06. The summed E-state index contributed by atoms with van der Waals surface area (Å²) in [6.45, 7) is 6.83. The van der Waals surface area contributed by atoms with Crippen molar-refractivity contribution >= 4 is 50.2 Å². The van der Waals surface area contributed by atoms with Gasteiger partial charge in [0.25, 0.3) is 0 Å². The van der Waals surface area contributed by atoms with E-state index in [1.165, 1.54) is 17.7 Å². The van der Waals surface area contributed by atoms with Gasteiger partial charge in [0.1, 0.15) is 34.5 Å². The summed E-state index contributed by atoms with van der Waals surface area (Å²) in [5.41, 5.74) is 2.85. The lowest BCUT2D eigenvalue weighted by atomic mass is 10.0. The van der Waals surface area contributed by atoms with Gasteiger partial charge in [-0.3, -0.25) is 19.1 Å². The van der Waals surface area contributed by atoms with Crippen LogP contribution in [-0.4, -0.2) is 59.3 Å². The number of piperidine rings is 1. The molecule has 210 valence electrons. The van der Waals surface area contributed by atoms with E-state index in [9.17, 15) is 18.8 Å². The topological polar surface area (TPSA) is 123 Å². The van der Waals surface area contributed by atoms with Gasteiger partial charge in [-0.05, 0) is 77.4 Å². The van der Waals surface area contributed by atoms with Crippen LogP contribution in [-0.2, 0) is 16.1 Å². The zero-order chi connectivity index (χ0) is 29.2. The van der Waals surface area contributed by atoms with Gasteiger partial charge in [0.2, 0.25) is 11.8 Å². The molecule has 3 aromatic heterocycles. The average Bonchev–Trinajstić information content (AvgIpc) is 3.29. The molecule has 2 aliphatic rings. The number of amides is 2. The number of likely N-dealkylation sites (tertiary alicyclic amines) is 1. The third-order valence-electron chi connectivity index (χ3n) is 8.07. The molecule has 0 spiro atoms. The number of hydrogen-bond donors (Lipinski definition) is 1. The van der Waals surface area contributed by atoms with E-state index >= 15 is 0 Å². The summed E-state index contributed by atoms with van der Waals surface area (Å²) in [6, 6.07) is 6.07. The van der Waals surface area contributed by atoms with E-state index in [0.29, 0.717) is 28.7 Å². The minimum atomic E-state index is -0.710. The van der Waals surface area contributed by atoms with E-state index in [1.54, 1.807) is 31.1 Å². The predicted octanol–water partition coefficient (Wildman–Crippen LogP) is 4.63. The molecule has 4 aromatic rings. The second-order valence-electron chi connectivity index (χ2n) is 11.1. The van der Waals surface area contributed by atoms with Crippen molar-refractivity contribution in [3.8, 4) is 11.1 Å². The summed E-state index contributed by atoms with van der Waals surface area (Å²) < 4.78 is 15.4. The number of rotatable bonds is 6. The highest BCUT2D eigenvalue weighted by molar-refractivity contribution is 9.10. The van der Waals surface area contributed by atoms with Crippen molar-refractivity contribution in [2.45, 2.75) is 59.2 Å². The Labute approximate surface area is 243 Å². The highest BCUT2D eigenvalue weighted by atomic mass is 79.9. The molecule has 0 radical (unpaired) electrons. The van der Waals surface area contributed by atoms with Crippen LogP contribution >= 0.6 is 15.9 Å². The number of Topliss-reactive ketones (excluding diaryl/α,β-unsaturated/α-hetero) is 1. The van der Waals surface area contributed by atoms with Crippen LogP contribution in [0.15, 0.2) is 41.3 Å². The summed E-state index contributed by atoms with van der Waals surface area (Å²) in [4.78, 5) is 54.0. The lowest BCUT2D eigenvalue weighted by Gasteiger charge is -2.27. The van der Waals surface area contributed by atoms with Crippen molar-refractivity contribution in [1.29, 1.82) is 0 Å². The largest absolute Gasteiger partial charge is 0.325 e. The summed E-state index contributed by atoms with van der Waals surface area (Å²) >= 11 is 3.06. The molecule has 12 heteroatoms. The van der Waals surface area contributed by atoms with Crippen molar-refractivity contribution in [2.24, 2.45) is 5.41 Å². The number of pyridine rings is 1. The van der Waals surface area contributed by atoms with E-state index in [0.717, 1.165) is 17.5 Å². The number of nitrogens with one attached hydrogen (secondary N) is 1. The van der Waals surface area contributed by atoms with E-state index in [1.807, 2.05) is 18.2 Å². The number of nitrogens with zero attached hydrogens (tertiary/aromatic N) is 6. The predicted molar refractivity (Wildman–Crippen MR) is 153 cm³/mol. The molecule has 6 rings (SSSR count). The molecule has 0 bridgehead atoms. The van der Waals surface area contributed by atoms with E-state index in [-0.39, 0.29) is 51.7 Å². The number of carbonyl (C=O) groups excluding carboxylic acids is 3. The maximum Gasteiger partial charge on any atom is 0.248 e. The highest BCUT2D eigenvalue weighted by Crippen LogP contribution is 2.59. The van der Waals surface area contributed by atoms with Crippen molar-refractivity contribution in [1.82, 2.24) is 29.6 Å². The summed E-state index contributed by atoms with van der Waals surface area (Å²) in [6.07, 6.45) is 4.76. The van der Waals surface area contributed by atoms with Gasteiger partial charge in [-0.25, -0.2) is 19.3 Å². The number of aromatic nitrogens is 5. The van der Waals surface area contributed by atoms with Crippen molar-refractivity contribution in [3.05, 3.63) is 64.2 Å². The molecule has 1 saturated carbocycles. The number of halogens is 2. The third kappa shape index (κ3) is 4.79. The van der Waals surface area contributed by atoms with Gasteiger partial charge in [0.15, 0.2) is 11.6 Å². The Bertz CT molecular complexity index is 1760. The summed E-state index contributed by atoms with van der Waals surface area (Å²) in [7, 11) is 0. The van der Waals surface area contributed by atoms with Crippen LogP contribution in [0.3, 0.4) is 0 Å². The van der Waals surface area contributed by atoms with Crippen molar-refractivity contribution in [3.63, 3.8) is 0 Å².